The van der Waals surface area contributed by atoms with Crippen molar-refractivity contribution in [2.75, 3.05) is 13.7 Å². The monoisotopic (exact) mass is 439 g/mol. The molecule has 8 heteroatoms. The number of unbranched alkanes of at least 4 members (excludes halogenated alkanes) is 4. The molecule has 0 fully saturated rings. The minimum atomic E-state index is -0.419. The summed E-state index contributed by atoms with van der Waals surface area (Å²) in [5.41, 5.74) is 0.967. The van der Waals surface area contributed by atoms with Crippen LogP contribution in [-0.2, 0) is 30.0 Å². The van der Waals surface area contributed by atoms with Crippen LogP contribution >= 0.6 is 8.69 Å². The molecule has 1 aromatic carbocycles. The molecular formula is C22H34NO6P. The number of ether oxygens (including phenoxy) is 2. The van der Waals surface area contributed by atoms with Gasteiger partial charge in [0.25, 0.3) is 0 Å². The zero-order valence-corrected chi connectivity index (χ0v) is 18.9. The van der Waals surface area contributed by atoms with Gasteiger partial charge in [-0.1, -0.05) is 69.4 Å². The maximum atomic E-state index is 12.0. The largest absolute Gasteiger partial charge is 0.469 e. The van der Waals surface area contributed by atoms with E-state index in [1.54, 1.807) is 0 Å². The molecule has 1 amide bonds. The first-order valence-electron chi connectivity index (χ1n) is 10.6. The quantitative estimate of drug-likeness (QED) is 0.210. The molecule has 0 spiro atoms. The SMILES string of the molecule is CCC(CCCCCCCC(COP=O)C(=O)OC)NC(=O)OCc1ccccc1. The molecule has 7 nitrogen and oxygen atoms in total. The van der Waals surface area contributed by atoms with E-state index in [9.17, 15) is 14.2 Å². The predicted molar refractivity (Wildman–Crippen MR) is 115 cm³/mol. The third-order valence-electron chi connectivity index (χ3n) is 5.00. The van der Waals surface area contributed by atoms with Gasteiger partial charge >= 0.3 is 20.7 Å². The van der Waals surface area contributed by atoms with Crippen LogP contribution in [0, 0.1) is 5.92 Å². The Bertz CT molecular complexity index is 613. The van der Waals surface area contributed by atoms with E-state index in [1.165, 1.54) is 7.11 Å². The van der Waals surface area contributed by atoms with Crippen LogP contribution in [-0.4, -0.2) is 31.8 Å². The van der Waals surface area contributed by atoms with E-state index in [0.717, 1.165) is 50.5 Å². The number of hydrogen-bond donors (Lipinski definition) is 1. The van der Waals surface area contributed by atoms with Gasteiger partial charge in [0.1, 0.15) is 6.61 Å². The van der Waals surface area contributed by atoms with E-state index in [1.807, 2.05) is 30.3 Å². The first-order chi connectivity index (χ1) is 14.6. The lowest BCUT2D eigenvalue weighted by molar-refractivity contribution is -0.146. The molecule has 0 saturated heterocycles. The standard InChI is InChI=1S/C22H34NO6P/c1-3-20(23-22(25)28-16-18-12-8-7-9-13-18)15-11-6-4-5-10-14-19(17-29-30-26)21(24)27-2/h7-9,12-13,19-20H,3-6,10-11,14-17H2,1-2H3,(H,23,25). The second kappa shape index (κ2) is 16.8. The smallest absolute Gasteiger partial charge is 0.407 e. The summed E-state index contributed by atoms with van der Waals surface area (Å²) >= 11 is 0. The van der Waals surface area contributed by atoms with Crippen LogP contribution in [0.25, 0.3) is 0 Å². The first-order valence-corrected chi connectivity index (χ1v) is 11.3. The summed E-state index contributed by atoms with van der Waals surface area (Å²) in [6.45, 7) is 2.44. The third kappa shape index (κ3) is 11.9. The molecule has 0 aliphatic rings. The molecule has 0 radical (unpaired) electrons. The molecule has 0 aromatic heterocycles. The second-order valence-corrected chi connectivity index (χ2v) is 7.65. The second-order valence-electron chi connectivity index (χ2n) is 7.25. The van der Waals surface area contributed by atoms with Crippen LogP contribution in [0.3, 0.4) is 0 Å². The molecule has 0 aliphatic heterocycles. The highest BCUT2D eigenvalue weighted by Crippen LogP contribution is 2.16. The predicted octanol–water partition coefficient (Wildman–Crippen LogP) is 5.43. The van der Waals surface area contributed by atoms with E-state index < -0.39 is 8.69 Å². The van der Waals surface area contributed by atoms with Gasteiger partial charge in [-0.3, -0.25) is 9.32 Å². The Hall–Kier alpha value is -1.98. The van der Waals surface area contributed by atoms with Gasteiger partial charge in [-0.25, -0.2) is 9.36 Å². The molecule has 2 unspecified atom stereocenters. The van der Waals surface area contributed by atoms with Crippen molar-refractivity contribution >= 4 is 20.7 Å². The number of benzene rings is 1. The average molecular weight is 439 g/mol. The maximum absolute atomic E-state index is 12.0. The summed E-state index contributed by atoms with van der Waals surface area (Å²) in [5.74, 6) is -0.693. The normalized spacial score (nSPS) is 12.9. The van der Waals surface area contributed by atoms with Gasteiger partial charge in [0.15, 0.2) is 0 Å². The number of carbonyl (C=O) groups is 2. The summed E-state index contributed by atoms with van der Waals surface area (Å²) < 4.78 is 25.2. The molecule has 1 aromatic rings. The van der Waals surface area contributed by atoms with E-state index in [-0.39, 0.29) is 37.2 Å². The Kier molecular flexibility index (Phi) is 14.6. The number of esters is 1. The number of hydrogen-bond acceptors (Lipinski definition) is 6. The molecule has 30 heavy (non-hydrogen) atoms. The molecule has 2 atom stereocenters. The van der Waals surface area contributed by atoms with Crippen LogP contribution < -0.4 is 5.32 Å². The van der Waals surface area contributed by atoms with Crippen LogP contribution in [0.1, 0.15) is 63.9 Å². The van der Waals surface area contributed by atoms with Crippen molar-refractivity contribution in [3.63, 3.8) is 0 Å². The molecule has 0 bridgehead atoms. The van der Waals surface area contributed by atoms with E-state index >= 15 is 0 Å². The fourth-order valence-electron chi connectivity index (χ4n) is 3.18. The lowest BCUT2D eigenvalue weighted by atomic mass is 10.00. The zero-order valence-electron chi connectivity index (χ0n) is 18.0. The van der Waals surface area contributed by atoms with Crippen molar-refractivity contribution in [3.05, 3.63) is 35.9 Å². The minimum absolute atomic E-state index is 0.111. The lowest BCUT2D eigenvalue weighted by Gasteiger charge is -2.17. The third-order valence-corrected chi connectivity index (χ3v) is 5.25. The van der Waals surface area contributed by atoms with Gasteiger partial charge in [-0.2, -0.15) is 0 Å². The highest BCUT2D eigenvalue weighted by atomic mass is 31.1. The Morgan fingerprint density at radius 1 is 1.03 bits per heavy atom. The fraction of sp³-hybridized carbons (Fsp3) is 0.636. The van der Waals surface area contributed by atoms with E-state index in [0.29, 0.717) is 6.42 Å². The number of rotatable bonds is 16. The van der Waals surface area contributed by atoms with E-state index in [4.69, 9.17) is 14.0 Å². The number of amides is 1. The maximum Gasteiger partial charge on any atom is 0.407 e. The molecule has 0 heterocycles. The van der Waals surface area contributed by atoms with Crippen LogP contribution in [0.5, 0.6) is 0 Å². The van der Waals surface area contributed by atoms with Crippen molar-refractivity contribution < 1.29 is 28.2 Å². The minimum Gasteiger partial charge on any atom is -0.469 e. The summed E-state index contributed by atoms with van der Waals surface area (Å²) in [7, 11) is 0.929. The van der Waals surface area contributed by atoms with Gasteiger partial charge in [-0.05, 0) is 24.8 Å². The van der Waals surface area contributed by atoms with Gasteiger partial charge in [0.05, 0.1) is 19.6 Å². The molecule has 168 valence electrons. The summed E-state index contributed by atoms with van der Waals surface area (Å²) in [4.78, 5) is 23.6. The van der Waals surface area contributed by atoms with Crippen molar-refractivity contribution in [1.29, 1.82) is 0 Å². The zero-order chi connectivity index (χ0) is 22.0. The number of methoxy groups -OCH3 is 1. The molecular weight excluding hydrogens is 405 g/mol. The van der Waals surface area contributed by atoms with Crippen molar-refractivity contribution in [2.24, 2.45) is 5.92 Å². The summed E-state index contributed by atoms with van der Waals surface area (Å²) in [6, 6.07) is 9.73. The van der Waals surface area contributed by atoms with Crippen molar-refractivity contribution in [1.82, 2.24) is 5.32 Å². The van der Waals surface area contributed by atoms with Crippen molar-refractivity contribution in [2.45, 2.75) is 70.9 Å². The fourth-order valence-corrected chi connectivity index (χ4v) is 3.42. The lowest BCUT2D eigenvalue weighted by Crippen LogP contribution is -2.34. The van der Waals surface area contributed by atoms with Crippen molar-refractivity contribution in [3.8, 4) is 0 Å². The van der Waals surface area contributed by atoms with Crippen LogP contribution in [0.2, 0.25) is 0 Å². The number of carbonyl (C=O) groups excluding carboxylic acids is 2. The molecule has 1 N–H and O–H groups in total. The Labute approximate surface area is 181 Å². The Balaban J connectivity index is 2.13. The molecule has 0 aliphatic carbocycles. The average Bonchev–Trinajstić information content (AvgIpc) is 2.78. The van der Waals surface area contributed by atoms with E-state index in [2.05, 4.69) is 12.2 Å². The van der Waals surface area contributed by atoms with Gasteiger partial charge in [-0.15, -0.1) is 0 Å². The first kappa shape index (κ1) is 26.1. The summed E-state index contributed by atoms with van der Waals surface area (Å²) in [5, 5.41) is 2.94. The molecule has 1 rings (SSSR count). The number of nitrogens with one attached hydrogen (secondary N) is 1. The highest BCUT2D eigenvalue weighted by molar-refractivity contribution is 7.17. The van der Waals surface area contributed by atoms with Gasteiger partial charge < -0.3 is 14.8 Å². The summed E-state index contributed by atoms with van der Waals surface area (Å²) in [6.07, 6.45) is 7.10. The number of alkyl carbamates (subject to hydrolysis) is 1. The Morgan fingerprint density at radius 2 is 1.70 bits per heavy atom. The van der Waals surface area contributed by atoms with Crippen LogP contribution in [0.4, 0.5) is 4.79 Å². The van der Waals surface area contributed by atoms with Gasteiger partial charge in [0.2, 0.25) is 0 Å². The van der Waals surface area contributed by atoms with Gasteiger partial charge in [0, 0.05) is 6.04 Å². The highest BCUT2D eigenvalue weighted by Gasteiger charge is 2.19. The molecule has 0 saturated carbocycles. The Morgan fingerprint density at radius 3 is 2.33 bits per heavy atom. The van der Waals surface area contributed by atoms with Crippen LogP contribution in [0.15, 0.2) is 30.3 Å². The topological polar surface area (TPSA) is 90.9 Å².